The number of carbonyl (C=O) groups excluding carboxylic acids is 1. The van der Waals surface area contributed by atoms with Crippen LogP contribution in [0.15, 0.2) is 30.6 Å². The van der Waals surface area contributed by atoms with E-state index in [-0.39, 0.29) is 5.91 Å². The number of anilines is 2. The summed E-state index contributed by atoms with van der Waals surface area (Å²) in [7, 11) is 1.62. The molecule has 2 rings (SSSR count). The third-order valence-corrected chi connectivity index (χ3v) is 3.01. The van der Waals surface area contributed by atoms with Gasteiger partial charge in [-0.15, -0.1) is 0 Å². The van der Waals surface area contributed by atoms with E-state index in [1.807, 2.05) is 36.1 Å². The lowest BCUT2D eigenvalue weighted by Crippen LogP contribution is -2.07. The van der Waals surface area contributed by atoms with Gasteiger partial charge in [-0.05, 0) is 25.1 Å². The van der Waals surface area contributed by atoms with Gasteiger partial charge in [0.15, 0.2) is 0 Å². The first-order valence-electron chi connectivity index (χ1n) is 6.83. The molecule has 1 aromatic carbocycles. The predicted octanol–water partition coefficient (Wildman–Crippen LogP) is 2.48. The highest BCUT2D eigenvalue weighted by Gasteiger charge is 2.06. The van der Waals surface area contributed by atoms with Gasteiger partial charge in [-0.1, -0.05) is 0 Å². The van der Waals surface area contributed by atoms with Crippen molar-refractivity contribution in [3.8, 4) is 5.75 Å². The monoisotopic (exact) mass is 288 g/mol. The maximum atomic E-state index is 11.1. The number of nitrogens with one attached hydrogen (secondary N) is 2. The second-order valence-electron chi connectivity index (χ2n) is 4.65. The lowest BCUT2D eigenvalue weighted by Gasteiger charge is -2.12. The molecular formula is C15H20N4O2. The summed E-state index contributed by atoms with van der Waals surface area (Å²) in [5.74, 6) is 0.627. The van der Waals surface area contributed by atoms with E-state index in [1.165, 1.54) is 6.92 Å². The zero-order valence-corrected chi connectivity index (χ0v) is 12.5. The Balaban J connectivity index is 2.11. The highest BCUT2D eigenvalue weighted by molar-refractivity contribution is 5.89. The van der Waals surface area contributed by atoms with Gasteiger partial charge < -0.3 is 15.4 Å². The number of amides is 1. The van der Waals surface area contributed by atoms with E-state index in [9.17, 15) is 4.79 Å². The van der Waals surface area contributed by atoms with Gasteiger partial charge in [0, 0.05) is 37.5 Å². The number of methoxy groups -OCH3 is 1. The predicted molar refractivity (Wildman–Crippen MR) is 82.5 cm³/mol. The average molecular weight is 288 g/mol. The fourth-order valence-electron chi connectivity index (χ4n) is 2.00. The number of aryl methyl sites for hydroxylation is 1. The number of ether oxygens (including phenoxy) is 1. The Morgan fingerprint density at radius 3 is 2.86 bits per heavy atom. The molecule has 0 fully saturated rings. The van der Waals surface area contributed by atoms with E-state index in [4.69, 9.17) is 4.74 Å². The molecule has 0 unspecified atom stereocenters. The van der Waals surface area contributed by atoms with Crippen molar-refractivity contribution in [1.29, 1.82) is 0 Å². The first kappa shape index (κ1) is 14.9. The number of carbonyl (C=O) groups is 1. The molecule has 0 aliphatic heterocycles. The van der Waals surface area contributed by atoms with E-state index in [2.05, 4.69) is 15.7 Å². The zero-order valence-electron chi connectivity index (χ0n) is 12.5. The molecule has 1 aromatic heterocycles. The minimum absolute atomic E-state index is 0.102. The molecule has 0 aliphatic carbocycles. The Bertz CT molecular complexity index is 622. The van der Waals surface area contributed by atoms with Gasteiger partial charge >= 0.3 is 0 Å². The minimum Gasteiger partial charge on any atom is -0.495 e. The van der Waals surface area contributed by atoms with Gasteiger partial charge in [-0.25, -0.2) is 0 Å². The molecule has 6 nitrogen and oxygen atoms in total. The zero-order chi connectivity index (χ0) is 15.2. The highest BCUT2D eigenvalue weighted by Crippen LogP contribution is 2.28. The van der Waals surface area contributed by atoms with Gasteiger partial charge in [-0.3, -0.25) is 9.48 Å². The number of aromatic nitrogens is 2. The van der Waals surface area contributed by atoms with E-state index < -0.39 is 0 Å². The Morgan fingerprint density at radius 1 is 1.43 bits per heavy atom. The molecule has 2 N–H and O–H groups in total. The van der Waals surface area contributed by atoms with Gasteiger partial charge in [-0.2, -0.15) is 5.10 Å². The van der Waals surface area contributed by atoms with Crippen LogP contribution < -0.4 is 15.4 Å². The van der Waals surface area contributed by atoms with Crippen LogP contribution in [0, 0.1) is 0 Å². The Labute approximate surface area is 124 Å². The molecule has 0 aliphatic rings. The van der Waals surface area contributed by atoms with Crippen molar-refractivity contribution in [2.75, 3.05) is 17.7 Å². The van der Waals surface area contributed by atoms with Crippen LogP contribution in [0.2, 0.25) is 0 Å². The fourth-order valence-corrected chi connectivity index (χ4v) is 2.00. The fraction of sp³-hybridized carbons (Fsp3) is 0.333. The lowest BCUT2D eigenvalue weighted by atomic mass is 10.2. The normalized spacial score (nSPS) is 10.2. The molecule has 0 atom stereocenters. The standard InChI is InChI=1S/C15H20N4O2/c1-4-19-10-12(9-17-19)8-16-14-7-13(18-11(2)20)5-6-15(14)21-3/h5-7,9-10,16H,4,8H2,1-3H3,(H,18,20). The molecule has 0 spiro atoms. The van der Waals surface area contributed by atoms with Crippen LogP contribution in [0.1, 0.15) is 19.4 Å². The minimum atomic E-state index is -0.102. The summed E-state index contributed by atoms with van der Waals surface area (Å²) >= 11 is 0. The molecule has 0 saturated carbocycles. The smallest absolute Gasteiger partial charge is 0.221 e. The Hall–Kier alpha value is -2.50. The van der Waals surface area contributed by atoms with Gasteiger partial charge in [0.25, 0.3) is 0 Å². The largest absolute Gasteiger partial charge is 0.495 e. The maximum Gasteiger partial charge on any atom is 0.221 e. The molecule has 6 heteroatoms. The summed E-state index contributed by atoms with van der Waals surface area (Å²) < 4.78 is 7.20. The van der Waals surface area contributed by atoms with Crippen LogP contribution in [-0.2, 0) is 17.9 Å². The summed E-state index contributed by atoms with van der Waals surface area (Å²) in [6, 6.07) is 5.48. The molecular weight excluding hydrogens is 268 g/mol. The molecule has 0 saturated heterocycles. The summed E-state index contributed by atoms with van der Waals surface area (Å²) in [4.78, 5) is 11.1. The van der Waals surface area contributed by atoms with Crippen molar-refractivity contribution >= 4 is 17.3 Å². The van der Waals surface area contributed by atoms with Crippen LogP contribution in [-0.4, -0.2) is 22.8 Å². The van der Waals surface area contributed by atoms with E-state index in [0.29, 0.717) is 6.54 Å². The van der Waals surface area contributed by atoms with E-state index in [1.54, 1.807) is 13.2 Å². The van der Waals surface area contributed by atoms with Crippen LogP contribution in [0.4, 0.5) is 11.4 Å². The molecule has 21 heavy (non-hydrogen) atoms. The molecule has 2 aromatic rings. The van der Waals surface area contributed by atoms with Gasteiger partial charge in [0.1, 0.15) is 5.75 Å². The average Bonchev–Trinajstić information content (AvgIpc) is 2.92. The molecule has 1 heterocycles. The number of hydrogen-bond acceptors (Lipinski definition) is 4. The molecule has 1 amide bonds. The second kappa shape index (κ2) is 6.78. The maximum absolute atomic E-state index is 11.1. The van der Waals surface area contributed by atoms with Crippen molar-refractivity contribution in [3.05, 3.63) is 36.2 Å². The highest BCUT2D eigenvalue weighted by atomic mass is 16.5. The third-order valence-electron chi connectivity index (χ3n) is 3.01. The molecule has 0 bridgehead atoms. The van der Waals surface area contributed by atoms with Crippen LogP contribution in [0.5, 0.6) is 5.75 Å². The van der Waals surface area contributed by atoms with Gasteiger partial charge in [0.05, 0.1) is 19.0 Å². The first-order valence-corrected chi connectivity index (χ1v) is 6.83. The van der Waals surface area contributed by atoms with Crippen molar-refractivity contribution < 1.29 is 9.53 Å². The summed E-state index contributed by atoms with van der Waals surface area (Å²) in [5, 5.41) is 10.3. The summed E-state index contributed by atoms with van der Waals surface area (Å²) in [5.41, 5.74) is 2.65. The molecule has 0 radical (unpaired) electrons. The number of hydrogen-bond donors (Lipinski definition) is 2. The lowest BCUT2D eigenvalue weighted by molar-refractivity contribution is -0.114. The Kier molecular flexibility index (Phi) is 4.81. The van der Waals surface area contributed by atoms with Crippen molar-refractivity contribution in [2.24, 2.45) is 0 Å². The first-order chi connectivity index (χ1) is 10.1. The quantitative estimate of drug-likeness (QED) is 0.857. The summed E-state index contributed by atoms with van der Waals surface area (Å²) in [6.07, 6.45) is 3.83. The van der Waals surface area contributed by atoms with Crippen LogP contribution in [0.25, 0.3) is 0 Å². The number of rotatable bonds is 6. The number of nitrogens with zero attached hydrogens (tertiary/aromatic N) is 2. The van der Waals surface area contributed by atoms with E-state index >= 15 is 0 Å². The molecule has 112 valence electrons. The van der Waals surface area contributed by atoms with Crippen molar-refractivity contribution in [3.63, 3.8) is 0 Å². The Morgan fingerprint density at radius 2 is 2.24 bits per heavy atom. The van der Waals surface area contributed by atoms with Crippen LogP contribution >= 0.6 is 0 Å². The summed E-state index contributed by atoms with van der Waals surface area (Å²) in [6.45, 7) is 5.02. The van der Waals surface area contributed by atoms with Crippen LogP contribution in [0.3, 0.4) is 0 Å². The second-order valence-corrected chi connectivity index (χ2v) is 4.65. The van der Waals surface area contributed by atoms with E-state index in [0.717, 1.165) is 29.2 Å². The topological polar surface area (TPSA) is 68.2 Å². The van der Waals surface area contributed by atoms with Gasteiger partial charge in [0.2, 0.25) is 5.91 Å². The van der Waals surface area contributed by atoms with Crippen molar-refractivity contribution in [2.45, 2.75) is 26.9 Å². The van der Waals surface area contributed by atoms with Crippen molar-refractivity contribution in [1.82, 2.24) is 9.78 Å². The third kappa shape index (κ3) is 3.98. The number of benzene rings is 1. The SMILES string of the molecule is CCn1cc(CNc2cc(NC(C)=O)ccc2OC)cn1.